The van der Waals surface area contributed by atoms with Crippen LogP contribution in [0.25, 0.3) is 5.69 Å². The van der Waals surface area contributed by atoms with Gasteiger partial charge in [0.15, 0.2) is 0 Å². The summed E-state index contributed by atoms with van der Waals surface area (Å²) in [6.45, 7) is 3.09. The predicted molar refractivity (Wildman–Crippen MR) is 77.0 cm³/mol. The Labute approximate surface area is 123 Å². The lowest BCUT2D eigenvalue weighted by molar-refractivity contribution is 0.0948. The molecule has 7 nitrogen and oxygen atoms in total. The first-order valence-electron chi connectivity index (χ1n) is 6.02. The van der Waals surface area contributed by atoms with Crippen LogP contribution in [-0.4, -0.2) is 39.2 Å². The summed E-state index contributed by atoms with van der Waals surface area (Å²) in [7, 11) is 0. The van der Waals surface area contributed by atoms with Crippen LogP contribution in [0.1, 0.15) is 17.3 Å². The maximum absolute atomic E-state index is 12.0. The quantitative estimate of drug-likeness (QED) is 0.832. The number of carbonyl (C=O) groups excluding carboxylic acids is 1. The zero-order valence-corrected chi connectivity index (χ0v) is 11.9. The van der Waals surface area contributed by atoms with Crippen molar-refractivity contribution in [3.05, 3.63) is 36.2 Å². The Balaban J connectivity index is 0.00000200. The minimum atomic E-state index is -0.129. The SMILES string of the molecule is CC(CN)CNC(=O)c1cccc(-n2cnnn2)c1.Cl. The van der Waals surface area contributed by atoms with Crippen molar-refractivity contribution in [2.75, 3.05) is 13.1 Å². The lowest BCUT2D eigenvalue weighted by atomic mass is 10.1. The molecule has 0 radical (unpaired) electrons. The van der Waals surface area contributed by atoms with Gasteiger partial charge in [-0.2, -0.15) is 0 Å². The molecular weight excluding hydrogens is 280 g/mol. The zero-order chi connectivity index (χ0) is 13.7. The molecule has 0 bridgehead atoms. The lowest BCUT2D eigenvalue weighted by Gasteiger charge is -2.10. The Kier molecular flexibility index (Phi) is 6.08. The molecule has 20 heavy (non-hydrogen) atoms. The van der Waals surface area contributed by atoms with Gasteiger partial charge in [-0.1, -0.05) is 13.0 Å². The van der Waals surface area contributed by atoms with Crippen LogP contribution >= 0.6 is 12.4 Å². The van der Waals surface area contributed by atoms with Crippen LogP contribution in [0.15, 0.2) is 30.6 Å². The molecule has 108 valence electrons. The second kappa shape index (κ2) is 7.56. The number of aromatic nitrogens is 4. The monoisotopic (exact) mass is 296 g/mol. The molecule has 0 aliphatic carbocycles. The van der Waals surface area contributed by atoms with Crippen LogP contribution in [0.2, 0.25) is 0 Å². The van der Waals surface area contributed by atoms with E-state index in [2.05, 4.69) is 20.8 Å². The van der Waals surface area contributed by atoms with Gasteiger partial charge >= 0.3 is 0 Å². The number of carbonyl (C=O) groups is 1. The van der Waals surface area contributed by atoms with Gasteiger partial charge in [0.25, 0.3) is 5.91 Å². The van der Waals surface area contributed by atoms with E-state index in [9.17, 15) is 4.79 Å². The minimum Gasteiger partial charge on any atom is -0.352 e. The highest BCUT2D eigenvalue weighted by molar-refractivity contribution is 5.94. The first kappa shape index (κ1) is 16.1. The highest BCUT2D eigenvalue weighted by Gasteiger charge is 2.08. The van der Waals surface area contributed by atoms with E-state index in [1.54, 1.807) is 18.2 Å². The number of nitrogens with one attached hydrogen (secondary N) is 1. The number of rotatable bonds is 5. The molecule has 0 aliphatic heterocycles. The molecule has 1 atom stereocenters. The van der Waals surface area contributed by atoms with Gasteiger partial charge in [0.1, 0.15) is 6.33 Å². The third-order valence-corrected chi connectivity index (χ3v) is 2.74. The van der Waals surface area contributed by atoms with Crippen molar-refractivity contribution >= 4 is 18.3 Å². The van der Waals surface area contributed by atoms with E-state index in [0.29, 0.717) is 18.7 Å². The third-order valence-electron chi connectivity index (χ3n) is 2.74. The highest BCUT2D eigenvalue weighted by atomic mass is 35.5. The van der Waals surface area contributed by atoms with Gasteiger partial charge in [0.05, 0.1) is 5.69 Å². The summed E-state index contributed by atoms with van der Waals surface area (Å²) < 4.78 is 1.50. The van der Waals surface area contributed by atoms with Crippen LogP contribution in [0.5, 0.6) is 0 Å². The van der Waals surface area contributed by atoms with Gasteiger partial charge in [0, 0.05) is 12.1 Å². The van der Waals surface area contributed by atoms with Crippen LogP contribution in [0.3, 0.4) is 0 Å². The number of nitrogens with zero attached hydrogens (tertiary/aromatic N) is 4. The summed E-state index contributed by atoms with van der Waals surface area (Å²) in [5, 5.41) is 13.7. The average Bonchev–Trinajstić information content (AvgIpc) is 2.98. The van der Waals surface area contributed by atoms with Crippen molar-refractivity contribution in [3.63, 3.8) is 0 Å². The van der Waals surface area contributed by atoms with Crippen molar-refractivity contribution in [2.45, 2.75) is 6.92 Å². The van der Waals surface area contributed by atoms with E-state index in [1.807, 2.05) is 13.0 Å². The van der Waals surface area contributed by atoms with Crippen molar-refractivity contribution in [1.82, 2.24) is 25.5 Å². The number of hydrogen-bond acceptors (Lipinski definition) is 5. The van der Waals surface area contributed by atoms with Crippen molar-refractivity contribution < 1.29 is 4.79 Å². The largest absolute Gasteiger partial charge is 0.352 e. The summed E-state index contributed by atoms with van der Waals surface area (Å²) in [4.78, 5) is 12.0. The summed E-state index contributed by atoms with van der Waals surface area (Å²) in [6, 6.07) is 7.10. The number of tetrazole rings is 1. The van der Waals surface area contributed by atoms with Crippen LogP contribution in [0.4, 0.5) is 0 Å². The van der Waals surface area contributed by atoms with E-state index >= 15 is 0 Å². The van der Waals surface area contributed by atoms with Crippen molar-refractivity contribution in [1.29, 1.82) is 0 Å². The Morgan fingerprint density at radius 3 is 2.95 bits per heavy atom. The number of halogens is 1. The minimum absolute atomic E-state index is 0. The first-order valence-corrected chi connectivity index (χ1v) is 6.02. The van der Waals surface area contributed by atoms with E-state index < -0.39 is 0 Å². The topological polar surface area (TPSA) is 98.7 Å². The van der Waals surface area contributed by atoms with Crippen molar-refractivity contribution in [3.8, 4) is 5.69 Å². The molecule has 0 aliphatic rings. The summed E-state index contributed by atoms with van der Waals surface area (Å²) in [6.07, 6.45) is 1.48. The smallest absolute Gasteiger partial charge is 0.251 e. The Bertz CT molecular complexity index is 545. The number of amides is 1. The summed E-state index contributed by atoms with van der Waals surface area (Å²) in [5.74, 6) is 0.127. The molecule has 1 aromatic heterocycles. The highest BCUT2D eigenvalue weighted by Crippen LogP contribution is 2.08. The van der Waals surface area contributed by atoms with Gasteiger partial charge in [0.2, 0.25) is 0 Å². The Morgan fingerprint density at radius 2 is 2.30 bits per heavy atom. The molecule has 2 aromatic rings. The number of nitrogens with two attached hydrogens (primary N) is 1. The van der Waals surface area contributed by atoms with Gasteiger partial charge in [-0.05, 0) is 41.1 Å². The molecule has 1 aromatic carbocycles. The molecule has 1 amide bonds. The summed E-state index contributed by atoms with van der Waals surface area (Å²) in [5.41, 5.74) is 6.82. The fraction of sp³-hybridized carbons (Fsp3) is 0.333. The van der Waals surface area contributed by atoms with Gasteiger partial charge < -0.3 is 11.1 Å². The lowest BCUT2D eigenvalue weighted by Crippen LogP contribution is -2.31. The van der Waals surface area contributed by atoms with Gasteiger partial charge in [-0.3, -0.25) is 4.79 Å². The molecule has 0 fully saturated rings. The maximum Gasteiger partial charge on any atom is 0.251 e. The molecule has 0 saturated heterocycles. The Hall–Kier alpha value is -1.99. The normalized spacial score (nSPS) is 11.5. The Morgan fingerprint density at radius 1 is 1.50 bits per heavy atom. The number of hydrogen-bond donors (Lipinski definition) is 2. The molecule has 0 saturated carbocycles. The average molecular weight is 297 g/mol. The molecule has 3 N–H and O–H groups in total. The first-order chi connectivity index (χ1) is 9.20. The maximum atomic E-state index is 12.0. The zero-order valence-electron chi connectivity index (χ0n) is 11.1. The van der Waals surface area contributed by atoms with Crippen LogP contribution < -0.4 is 11.1 Å². The standard InChI is InChI=1S/C12H16N6O.ClH/c1-9(6-13)7-14-12(19)10-3-2-4-11(5-10)18-8-15-16-17-18;/h2-5,8-9H,6-7,13H2,1H3,(H,14,19);1H. The van der Waals surface area contributed by atoms with Crippen LogP contribution in [-0.2, 0) is 0 Å². The predicted octanol–water partition coefficient (Wildman–Crippen LogP) is 0.409. The fourth-order valence-electron chi connectivity index (χ4n) is 1.52. The molecule has 0 spiro atoms. The third kappa shape index (κ3) is 4.01. The molecule has 1 heterocycles. The van der Waals surface area contributed by atoms with E-state index in [1.165, 1.54) is 11.0 Å². The summed E-state index contributed by atoms with van der Waals surface area (Å²) >= 11 is 0. The molecule has 1 unspecified atom stereocenters. The van der Waals surface area contributed by atoms with Gasteiger partial charge in [-0.25, -0.2) is 4.68 Å². The van der Waals surface area contributed by atoms with Crippen LogP contribution in [0, 0.1) is 5.92 Å². The van der Waals surface area contributed by atoms with Crippen molar-refractivity contribution in [2.24, 2.45) is 11.7 Å². The van der Waals surface area contributed by atoms with E-state index in [0.717, 1.165) is 5.69 Å². The second-order valence-corrected chi connectivity index (χ2v) is 4.36. The van der Waals surface area contributed by atoms with Gasteiger partial charge in [-0.15, -0.1) is 17.5 Å². The fourth-order valence-corrected chi connectivity index (χ4v) is 1.52. The molecule has 8 heteroatoms. The molecule has 2 rings (SSSR count). The molecular formula is C12H17ClN6O. The van der Waals surface area contributed by atoms with E-state index in [4.69, 9.17) is 5.73 Å². The number of benzene rings is 1. The van der Waals surface area contributed by atoms with E-state index in [-0.39, 0.29) is 24.2 Å². The second-order valence-electron chi connectivity index (χ2n) is 4.36.